The van der Waals surface area contributed by atoms with E-state index in [4.69, 9.17) is 9.47 Å². The zero-order valence-corrected chi connectivity index (χ0v) is 20.0. The van der Waals surface area contributed by atoms with E-state index in [9.17, 15) is 14.4 Å². The molecule has 0 saturated heterocycles. The number of nitrogens with zero attached hydrogens (tertiary/aromatic N) is 1. The largest absolute Gasteiger partial charge is 0.454 e. The molecule has 0 atom stereocenters. The molecule has 0 bridgehead atoms. The van der Waals surface area contributed by atoms with Crippen molar-refractivity contribution in [3.05, 3.63) is 88.2 Å². The molecule has 178 valence electrons. The number of para-hydroxylation sites is 1. The number of rotatable bonds is 10. The first-order chi connectivity index (χ1) is 16.3. The fourth-order valence-corrected chi connectivity index (χ4v) is 3.83. The number of esters is 1. The Hall–Kier alpha value is -3.71. The van der Waals surface area contributed by atoms with E-state index in [1.165, 1.54) is 0 Å². The molecule has 7 nitrogen and oxygen atoms in total. The summed E-state index contributed by atoms with van der Waals surface area (Å²) in [5.41, 5.74) is 4.27. The first kappa shape index (κ1) is 24.9. The van der Waals surface area contributed by atoms with Gasteiger partial charge in [0.25, 0.3) is 5.91 Å². The average molecular weight is 463 g/mol. The lowest BCUT2D eigenvalue weighted by molar-refractivity contribution is 0.0475. The van der Waals surface area contributed by atoms with Crippen molar-refractivity contribution in [3.8, 4) is 0 Å². The van der Waals surface area contributed by atoms with Gasteiger partial charge in [-0.2, -0.15) is 0 Å². The van der Waals surface area contributed by atoms with Crippen LogP contribution in [0.25, 0.3) is 0 Å². The zero-order chi connectivity index (χ0) is 24.7. The average Bonchev–Trinajstić information content (AvgIpc) is 3.11. The summed E-state index contributed by atoms with van der Waals surface area (Å²) in [6.07, 6.45) is 0.834. The van der Waals surface area contributed by atoms with E-state index in [0.717, 1.165) is 29.9 Å². The lowest BCUT2D eigenvalue weighted by atomic mass is 10.1. The molecule has 1 amide bonds. The van der Waals surface area contributed by atoms with E-state index >= 15 is 0 Å². The lowest BCUT2D eigenvalue weighted by Crippen LogP contribution is -2.18. The number of carbonyl (C=O) groups is 3. The molecule has 0 saturated carbocycles. The van der Waals surface area contributed by atoms with Crippen LogP contribution in [0.1, 0.15) is 54.4 Å². The van der Waals surface area contributed by atoms with Crippen LogP contribution in [0.2, 0.25) is 0 Å². The van der Waals surface area contributed by atoms with Crippen molar-refractivity contribution in [2.75, 3.05) is 25.6 Å². The Kier molecular flexibility index (Phi) is 8.38. The van der Waals surface area contributed by atoms with Crippen LogP contribution >= 0.6 is 0 Å². The molecular weight excluding hydrogens is 432 g/mol. The molecule has 0 unspecified atom stereocenters. The molecule has 1 heterocycles. The summed E-state index contributed by atoms with van der Waals surface area (Å²) in [4.78, 5) is 38.2. The van der Waals surface area contributed by atoms with Gasteiger partial charge < -0.3 is 19.4 Å². The molecule has 7 heteroatoms. The maximum atomic E-state index is 12.8. The fraction of sp³-hybridized carbons (Fsp3) is 0.296. The highest BCUT2D eigenvalue weighted by atomic mass is 16.5. The van der Waals surface area contributed by atoms with Crippen molar-refractivity contribution < 1.29 is 23.9 Å². The van der Waals surface area contributed by atoms with Crippen LogP contribution in [0.3, 0.4) is 0 Å². The molecule has 1 aromatic heterocycles. The van der Waals surface area contributed by atoms with Crippen molar-refractivity contribution in [1.29, 1.82) is 0 Å². The van der Waals surface area contributed by atoms with Gasteiger partial charge in [0.05, 0.1) is 11.3 Å². The number of amides is 1. The van der Waals surface area contributed by atoms with Gasteiger partial charge in [-0.15, -0.1) is 0 Å². The second-order valence-corrected chi connectivity index (χ2v) is 8.15. The highest BCUT2D eigenvalue weighted by molar-refractivity contribution is 6.08. The highest BCUT2D eigenvalue weighted by Crippen LogP contribution is 2.20. The van der Waals surface area contributed by atoms with Gasteiger partial charge >= 0.3 is 5.97 Å². The van der Waals surface area contributed by atoms with Gasteiger partial charge in [-0.3, -0.25) is 9.59 Å². The highest BCUT2D eigenvalue weighted by Gasteiger charge is 2.20. The predicted octanol–water partition coefficient (Wildman–Crippen LogP) is 4.74. The number of hydrogen-bond donors (Lipinski definition) is 1. The third-order valence-electron chi connectivity index (χ3n) is 5.61. The second-order valence-electron chi connectivity index (χ2n) is 8.15. The molecule has 34 heavy (non-hydrogen) atoms. The summed E-state index contributed by atoms with van der Waals surface area (Å²) in [5, 5.41) is 2.76. The van der Waals surface area contributed by atoms with Crippen molar-refractivity contribution in [2.45, 2.75) is 33.7 Å². The molecule has 3 aromatic rings. The van der Waals surface area contributed by atoms with Crippen molar-refractivity contribution in [1.82, 2.24) is 4.57 Å². The van der Waals surface area contributed by atoms with Crippen LogP contribution in [-0.2, 0) is 16.0 Å². The van der Waals surface area contributed by atoms with E-state index < -0.39 is 5.97 Å². The predicted molar refractivity (Wildman–Crippen MR) is 131 cm³/mol. The molecule has 2 aromatic carbocycles. The quantitative estimate of drug-likeness (QED) is 0.267. The summed E-state index contributed by atoms with van der Waals surface area (Å²) < 4.78 is 12.5. The number of benzene rings is 2. The molecule has 0 radical (unpaired) electrons. The molecular formula is C27H30N2O5. The van der Waals surface area contributed by atoms with Gasteiger partial charge in [0, 0.05) is 42.8 Å². The molecule has 0 aliphatic heterocycles. The smallest absolute Gasteiger partial charge is 0.340 e. The Morgan fingerprint density at radius 3 is 2.44 bits per heavy atom. The summed E-state index contributed by atoms with van der Waals surface area (Å²) in [6, 6.07) is 15.5. The topological polar surface area (TPSA) is 86.6 Å². The Morgan fingerprint density at radius 2 is 1.71 bits per heavy atom. The Balaban J connectivity index is 1.67. The van der Waals surface area contributed by atoms with Crippen LogP contribution in [0, 0.1) is 20.8 Å². The SMILES string of the molecule is COCCCn1c(C)cc(C(=O)COC(=O)c2ccccc2NC(=O)c2cccc(C)c2)c1C. The number of methoxy groups -OCH3 is 1. The van der Waals surface area contributed by atoms with E-state index in [1.807, 2.05) is 32.9 Å². The minimum atomic E-state index is -0.678. The summed E-state index contributed by atoms with van der Waals surface area (Å²) in [7, 11) is 1.66. The van der Waals surface area contributed by atoms with E-state index in [1.54, 1.807) is 49.6 Å². The lowest BCUT2D eigenvalue weighted by Gasteiger charge is -2.11. The number of aryl methyl sites for hydroxylation is 2. The van der Waals surface area contributed by atoms with Crippen LogP contribution in [0.15, 0.2) is 54.6 Å². The van der Waals surface area contributed by atoms with Crippen molar-refractivity contribution in [2.24, 2.45) is 0 Å². The van der Waals surface area contributed by atoms with E-state index in [-0.39, 0.29) is 23.9 Å². The third kappa shape index (κ3) is 5.99. The molecule has 0 spiro atoms. The Morgan fingerprint density at radius 1 is 0.941 bits per heavy atom. The molecule has 3 rings (SSSR count). The van der Waals surface area contributed by atoms with Crippen LogP contribution in [0.5, 0.6) is 0 Å². The Labute approximate surface area is 199 Å². The number of anilines is 1. The van der Waals surface area contributed by atoms with Crippen LogP contribution < -0.4 is 5.32 Å². The van der Waals surface area contributed by atoms with Gasteiger partial charge in [-0.05, 0) is 57.5 Å². The van der Waals surface area contributed by atoms with Crippen molar-refractivity contribution >= 4 is 23.3 Å². The van der Waals surface area contributed by atoms with Crippen LogP contribution in [-0.4, -0.2) is 42.6 Å². The number of hydrogen-bond acceptors (Lipinski definition) is 5. The second kappa shape index (κ2) is 11.4. The van der Waals surface area contributed by atoms with Gasteiger partial charge in [0.15, 0.2) is 6.61 Å². The van der Waals surface area contributed by atoms with Gasteiger partial charge in [0.2, 0.25) is 5.78 Å². The first-order valence-electron chi connectivity index (χ1n) is 11.1. The third-order valence-corrected chi connectivity index (χ3v) is 5.61. The Bertz CT molecular complexity index is 1200. The molecule has 0 fully saturated rings. The van der Waals surface area contributed by atoms with E-state index in [2.05, 4.69) is 9.88 Å². The normalized spacial score (nSPS) is 10.7. The summed E-state index contributed by atoms with van der Waals surface area (Å²) >= 11 is 0. The maximum absolute atomic E-state index is 12.8. The van der Waals surface area contributed by atoms with Crippen LogP contribution in [0.4, 0.5) is 5.69 Å². The number of aromatic nitrogens is 1. The van der Waals surface area contributed by atoms with Gasteiger partial charge in [-0.1, -0.05) is 29.8 Å². The summed E-state index contributed by atoms with van der Waals surface area (Å²) in [6.45, 7) is 6.71. The van der Waals surface area contributed by atoms with Gasteiger partial charge in [0.1, 0.15) is 0 Å². The number of nitrogens with one attached hydrogen (secondary N) is 1. The first-order valence-corrected chi connectivity index (χ1v) is 11.1. The molecule has 0 aliphatic carbocycles. The maximum Gasteiger partial charge on any atom is 0.340 e. The number of ketones is 1. The molecule has 0 aliphatic rings. The summed E-state index contributed by atoms with van der Waals surface area (Å²) in [5.74, 6) is -1.29. The van der Waals surface area contributed by atoms with Crippen molar-refractivity contribution in [3.63, 3.8) is 0 Å². The van der Waals surface area contributed by atoms with E-state index in [0.29, 0.717) is 23.4 Å². The minimum absolute atomic E-state index is 0.182. The fourth-order valence-electron chi connectivity index (χ4n) is 3.83. The monoisotopic (exact) mass is 462 g/mol. The standard InChI is InChI=1S/C27H30N2O5/c1-18-9-7-10-21(15-18)26(31)28-24-12-6-5-11-22(24)27(32)34-17-25(30)23-16-19(2)29(20(23)3)13-8-14-33-4/h5-7,9-12,15-16H,8,13-14,17H2,1-4H3,(H,28,31). The number of Topliss-reactive ketones (excluding diaryl/α,β-unsaturated/α-hetero) is 1. The van der Waals surface area contributed by atoms with Gasteiger partial charge in [-0.25, -0.2) is 4.79 Å². The molecule has 1 N–H and O–H groups in total. The zero-order valence-electron chi connectivity index (χ0n) is 20.0. The number of ether oxygens (including phenoxy) is 2. The minimum Gasteiger partial charge on any atom is -0.454 e. The number of carbonyl (C=O) groups excluding carboxylic acids is 3.